The number of aliphatic hydroxyl groups is 2. The second-order valence-corrected chi connectivity index (χ2v) is 4.12. The normalized spacial score (nSPS) is 11.6. The van der Waals surface area contributed by atoms with Crippen molar-refractivity contribution < 1.29 is 30.0 Å². The Morgan fingerprint density at radius 1 is 0.800 bits per heavy atom. The lowest BCUT2D eigenvalue weighted by Crippen LogP contribution is -1.96. The number of unbranched alkanes of at least 4 members (excludes halogenated alkanes) is 2. The first-order valence-corrected chi connectivity index (χ1v) is 6.38. The molecule has 6 heteroatoms. The van der Waals surface area contributed by atoms with E-state index in [1.165, 1.54) is 13.8 Å². The first-order valence-electron chi connectivity index (χ1n) is 6.38. The van der Waals surface area contributed by atoms with Gasteiger partial charge in [-0.1, -0.05) is 12.2 Å². The molecule has 0 aliphatic carbocycles. The van der Waals surface area contributed by atoms with Crippen LogP contribution in [0.4, 0.5) is 0 Å². The smallest absolute Gasteiger partial charge is 0.330 e. The van der Waals surface area contributed by atoms with Crippen molar-refractivity contribution in [1.82, 2.24) is 0 Å². The van der Waals surface area contributed by atoms with Crippen LogP contribution in [0.2, 0.25) is 0 Å². The number of aliphatic hydroxyl groups excluding tert-OH is 2. The SMILES string of the molecule is CC(=CCCC=C(C)C(=O)O)C(=O)O.OCCCCO. The van der Waals surface area contributed by atoms with Gasteiger partial charge in [-0.05, 0) is 39.5 Å². The quantitative estimate of drug-likeness (QED) is 0.398. The monoisotopic (exact) mass is 288 g/mol. The summed E-state index contributed by atoms with van der Waals surface area (Å²) in [6.45, 7) is 3.41. The molecule has 0 fully saturated rings. The van der Waals surface area contributed by atoms with Crippen molar-refractivity contribution in [2.75, 3.05) is 13.2 Å². The van der Waals surface area contributed by atoms with Gasteiger partial charge in [0.2, 0.25) is 0 Å². The van der Waals surface area contributed by atoms with Gasteiger partial charge in [0, 0.05) is 24.4 Å². The zero-order valence-electron chi connectivity index (χ0n) is 12.0. The summed E-state index contributed by atoms with van der Waals surface area (Å²) >= 11 is 0. The number of carbonyl (C=O) groups is 2. The average Bonchev–Trinajstić information content (AvgIpc) is 2.41. The highest BCUT2D eigenvalue weighted by Gasteiger charge is 1.99. The van der Waals surface area contributed by atoms with Crippen molar-refractivity contribution in [3.63, 3.8) is 0 Å². The van der Waals surface area contributed by atoms with Gasteiger partial charge in [-0.3, -0.25) is 0 Å². The van der Waals surface area contributed by atoms with Gasteiger partial charge in [-0.2, -0.15) is 0 Å². The summed E-state index contributed by atoms with van der Waals surface area (Å²) in [5, 5.41) is 33.2. The minimum Gasteiger partial charge on any atom is -0.478 e. The van der Waals surface area contributed by atoms with Gasteiger partial charge >= 0.3 is 11.9 Å². The number of allylic oxidation sites excluding steroid dienone is 2. The van der Waals surface area contributed by atoms with Crippen LogP contribution in [0.5, 0.6) is 0 Å². The molecule has 0 saturated carbocycles. The van der Waals surface area contributed by atoms with Gasteiger partial charge < -0.3 is 20.4 Å². The molecule has 4 N–H and O–H groups in total. The van der Waals surface area contributed by atoms with Gasteiger partial charge in [0.1, 0.15) is 0 Å². The lowest BCUT2D eigenvalue weighted by Gasteiger charge is -1.93. The van der Waals surface area contributed by atoms with Crippen LogP contribution in [0.3, 0.4) is 0 Å². The van der Waals surface area contributed by atoms with E-state index in [1.54, 1.807) is 12.2 Å². The van der Waals surface area contributed by atoms with Crippen LogP contribution < -0.4 is 0 Å². The highest BCUT2D eigenvalue weighted by Crippen LogP contribution is 2.02. The summed E-state index contributed by atoms with van der Waals surface area (Å²) in [4.78, 5) is 20.7. The zero-order valence-corrected chi connectivity index (χ0v) is 12.0. The van der Waals surface area contributed by atoms with E-state index < -0.39 is 11.9 Å². The van der Waals surface area contributed by atoms with Gasteiger partial charge in [0.15, 0.2) is 0 Å². The van der Waals surface area contributed by atoms with Crippen LogP contribution in [-0.2, 0) is 9.59 Å². The van der Waals surface area contributed by atoms with E-state index in [0.29, 0.717) is 12.8 Å². The minimum absolute atomic E-state index is 0.195. The average molecular weight is 288 g/mol. The number of carboxylic acids is 2. The molecule has 0 bridgehead atoms. The first-order chi connectivity index (χ1) is 9.36. The topological polar surface area (TPSA) is 115 Å². The summed E-state index contributed by atoms with van der Waals surface area (Å²) in [7, 11) is 0. The Morgan fingerprint density at radius 2 is 1.10 bits per heavy atom. The van der Waals surface area contributed by atoms with Crippen LogP contribution in [0.25, 0.3) is 0 Å². The fourth-order valence-corrected chi connectivity index (χ4v) is 0.998. The fourth-order valence-electron chi connectivity index (χ4n) is 0.998. The summed E-state index contributed by atoms with van der Waals surface area (Å²) in [6.07, 6.45) is 5.68. The Kier molecular flexibility index (Phi) is 14.2. The third kappa shape index (κ3) is 14.4. The third-order valence-electron chi connectivity index (χ3n) is 2.31. The molecule has 0 rings (SSSR count). The van der Waals surface area contributed by atoms with E-state index in [2.05, 4.69) is 0 Å². The highest BCUT2D eigenvalue weighted by molar-refractivity contribution is 5.86. The molecule has 6 nitrogen and oxygen atoms in total. The van der Waals surface area contributed by atoms with Crippen molar-refractivity contribution >= 4 is 11.9 Å². The lowest BCUT2D eigenvalue weighted by atomic mass is 10.1. The standard InChI is InChI=1S/C10H14O4.C4H10O2/c1-7(9(11)12)5-3-4-6-8(2)10(13)14;5-3-1-2-4-6/h5-6H,3-4H2,1-2H3,(H,11,12)(H,13,14);5-6H,1-4H2. The van der Waals surface area contributed by atoms with E-state index in [4.69, 9.17) is 20.4 Å². The Labute approximate surface area is 119 Å². The van der Waals surface area contributed by atoms with Gasteiger partial charge in [0.25, 0.3) is 0 Å². The van der Waals surface area contributed by atoms with Crippen molar-refractivity contribution in [3.8, 4) is 0 Å². The van der Waals surface area contributed by atoms with Crippen LogP contribution in [0.1, 0.15) is 39.5 Å². The molecule has 0 aliphatic heterocycles. The summed E-state index contributed by atoms with van der Waals surface area (Å²) in [5.41, 5.74) is 0.567. The zero-order chi connectivity index (χ0) is 16.0. The molecule has 0 amide bonds. The Hall–Kier alpha value is -1.66. The maximum atomic E-state index is 10.4. The van der Waals surface area contributed by atoms with Crippen molar-refractivity contribution in [2.24, 2.45) is 0 Å². The predicted octanol–water partition coefficient (Wildman–Crippen LogP) is 1.58. The molecule has 116 valence electrons. The molecule has 20 heavy (non-hydrogen) atoms. The Bertz CT molecular complexity index is 310. The molecule has 0 atom stereocenters. The van der Waals surface area contributed by atoms with Gasteiger partial charge in [-0.15, -0.1) is 0 Å². The molecule has 0 saturated heterocycles. The van der Waals surface area contributed by atoms with Gasteiger partial charge in [-0.25, -0.2) is 9.59 Å². The van der Waals surface area contributed by atoms with Crippen LogP contribution in [0.15, 0.2) is 23.3 Å². The molecular weight excluding hydrogens is 264 g/mol. The molecule has 0 unspecified atom stereocenters. The molecule has 0 radical (unpaired) electrons. The van der Waals surface area contributed by atoms with E-state index in [9.17, 15) is 9.59 Å². The van der Waals surface area contributed by atoms with E-state index in [1.807, 2.05) is 0 Å². The molecule has 0 aromatic heterocycles. The summed E-state index contributed by atoms with van der Waals surface area (Å²) in [5.74, 6) is -1.88. The fraction of sp³-hybridized carbons (Fsp3) is 0.571. The van der Waals surface area contributed by atoms with Crippen LogP contribution >= 0.6 is 0 Å². The number of aliphatic carboxylic acids is 2. The highest BCUT2D eigenvalue weighted by atomic mass is 16.4. The molecule has 0 aliphatic rings. The maximum absolute atomic E-state index is 10.4. The second kappa shape index (κ2) is 13.8. The largest absolute Gasteiger partial charge is 0.478 e. The third-order valence-corrected chi connectivity index (χ3v) is 2.31. The number of rotatable bonds is 8. The number of hydrogen-bond acceptors (Lipinski definition) is 4. The minimum atomic E-state index is -0.941. The molecule has 0 spiro atoms. The Balaban J connectivity index is 0. The molecule has 0 heterocycles. The molecule has 0 aromatic carbocycles. The van der Waals surface area contributed by atoms with Crippen molar-refractivity contribution in [2.45, 2.75) is 39.5 Å². The van der Waals surface area contributed by atoms with E-state index >= 15 is 0 Å². The van der Waals surface area contributed by atoms with Gasteiger partial charge in [0.05, 0.1) is 0 Å². The van der Waals surface area contributed by atoms with E-state index in [-0.39, 0.29) is 24.4 Å². The Morgan fingerprint density at radius 3 is 1.30 bits per heavy atom. The maximum Gasteiger partial charge on any atom is 0.330 e. The number of carboxylic acid groups (broad SMARTS) is 2. The lowest BCUT2D eigenvalue weighted by molar-refractivity contribution is -0.133. The van der Waals surface area contributed by atoms with Crippen LogP contribution in [0, 0.1) is 0 Å². The van der Waals surface area contributed by atoms with Crippen molar-refractivity contribution in [1.29, 1.82) is 0 Å². The molecular formula is C14H24O6. The summed E-state index contributed by atoms with van der Waals surface area (Å²) in [6, 6.07) is 0. The second-order valence-electron chi connectivity index (χ2n) is 4.12. The predicted molar refractivity (Wildman–Crippen MR) is 75.4 cm³/mol. The summed E-state index contributed by atoms with van der Waals surface area (Å²) < 4.78 is 0. The van der Waals surface area contributed by atoms with E-state index in [0.717, 1.165) is 12.8 Å². The van der Waals surface area contributed by atoms with Crippen molar-refractivity contribution in [3.05, 3.63) is 23.3 Å². The van der Waals surface area contributed by atoms with Crippen LogP contribution in [-0.4, -0.2) is 45.6 Å². The molecule has 0 aromatic rings. The number of hydrogen-bond donors (Lipinski definition) is 4. The first kappa shape index (κ1) is 20.7.